The van der Waals surface area contributed by atoms with Crippen LogP contribution in [0.15, 0.2) is 36.7 Å². The van der Waals surface area contributed by atoms with Crippen LogP contribution in [0.1, 0.15) is 25.0 Å². The zero-order valence-electron chi connectivity index (χ0n) is 9.89. The molecule has 0 aliphatic carbocycles. The van der Waals surface area contributed by atoms with E-state index in [0.717, 1.165) is 17.7 Å². The van der Waals surface area contributed by atoms with Gasteiger partial charge in [-0.1, -0.05) is 23.7 Å². The van der Waals surface area contributed by atoms with Gasteiger partial charge in [-0.3, -0.25) is 4.68 Å². The fourth-order valence-corrected chi connectivity index (χ4v) is 1.85. The van der Waals surface area contributed by atoms with E-state index in [1.54, 1.807) is 29.9 Å². The van der Waals surface area contributed by atoms with Gasteiger partial charge in [-0.05, 0) is 31.5 Å². The summed E-state index contributed by atoms with van der Waals surface area (Å²) in [5.74, 6) is 0. The van der Waals surface area contributed by atoms with Crippen molar-refractivity contribution in [2.24, 2.45) is 0 Å². The highest BCUT2D eigenvalue weighted by molar-refractivity contribution is 6.30. The minimum atomic E-state index is -1.04. The molecule has 1 aromatic carbocycles. The van der Waals surface area contributed by atoms with Crippen LogP contribution >= 0.6 is 11.6 Å². The minimum absolute atomic E-state index is 0.661. The summed E-state index contributed by atoms with van der Waals surface area (Å²) in [6.45, 7) is 4.55. The largest absolute Gasteiger partial charge is 0.381 e. The second-order valence-electron chi connectivity index (χ2n) is 4.16. The van der Waals surface area contributed by atoms with E-state index < -0.39 is 5.60 Å². The molecule has 0 spiro atoms. The van der Waals surface area contributed by atoms with Crippen molar-refractivity contribution in [2.45, 2.75) is 26.0 Å². The van der Waals surface area contributed by atoms with E-state index in [9.17, 15) is 5.11 Å². The predicted molar refractivity (Wildman–Crippen MR) is 68.0 cm³/mol. The van der Waals surface area contributed by atoms with Crippen LogP contribution in [0.25, 0.3) is 0 Å². The van der Waals surface area contributed by atoms with Crippen LogP contribution in [0.2, 0.25) is 5.02 Å². The average Bonchev–Trinajstić information content (AvgIpc) is 2.78. The Hall–Kier alpha value is -1.32. The topological polar surface area (TPSA) is 38.0 Å². The van der Waals surface area contributed by atoms with E-state index in [1.165, 1.54) is 0 Å². The van der Waals surface area contributed by atoms with Gasteiger partial charge in [0, 0.05) is 23.3 Å². The van der Waals surface area contributed by atoms with Crippen LogP contribution in [-0.2, 0) is 12.1 Å². The zero-order valence-corrected chi connectivity index (χ0v) is 10.6. The fraction of sp³-hybridized carbons (Fsp3) is 0.308. The molecule has 0 aliphatic rings. The summed E-state index contributed by atoms with van der Waals surface area (Å²) in [6.07, 6.45) is 3.55. The summed E-state index contributed by atoms with van der Waals surface area (Å²) < 4.78 is 1.79. The van der Waals surface area contributed by atoms with Gasteiger partial charge >= 0.3 is 0 Å². The SMILES string of the molecule is CCn1cc(C(C)(O)c2ccc(Cl)cc2)cn1. The Morgan fingerprint density at radius 1 is 1.29 bits per heavy atom. The van der Waals surface area contributed by atoms with Crippen molar-refractivity contribution in [3.8, 4) is 0 Å². The normalized spacial score (nSPS) is 14.6. The fourth-order valence-electron chi connectivity index (χ4n) is 1.73. The molecule has 1 unspecified atom stereocenters. The molecule has 90 valence electrons. The molecule has 1 aromatic heterocycles. The third-order valence-corrected chi connectivity index (χ3v) is 3.18. The van der Waals surface area contributed by atoms with Crippen molar-refractivity contribution in [3.05, 3.63) is 52.8 Å². The second kappa shape index (κ2) is 4.51. The molecule has 2 aromatic rings. The van der Waals surface area contributed by atoms with E-state index in [2.05, 4.69) is 5.10 Å². The summed E-state index contributed by atoms with van der Waals surface area (Å²) in [6, 6.07) is 7.20. The van der Waals surface area contributed by atoms with Gasteiger partial charge in [0.2, 0.25) is 0 Å². The molecular weight excluding hydrogens is 236 g/mol. The Morgan fingerprint density at radius 3 is 2.47 bits per heavy atom. The molecule has 17 heavy (non-hydrogen) atoms. The number of nitrogens with zero attached hydrogens (tertiary/aromatic N) is 2. The molecular formula is C13H15ClN2O. The number of rotatable bonds is 3. The van der Waals surface area contributed by atoms with Gasteiger partial charge in [0.05, 0.1) is 6.20 Å². The molecule has 0 radical (unpaired) electrons. The molecule has 2 rings (SSSR count). The Kier molecular flexibility index (Phi) is 3.22. The monoisotopic (exact) mass is 250 g/mol. The summed E-state index contributed by atoms with van der Waals surface area (Å²) >= 11 is 5.84. The number of halogens is 1. The lowest BCUT2D eigenvalue weighted by Gasteiger charge is -2.22. The van der Waals surface area contributed by atoms with E-state index in [0.29, 0.717) is 5.02 Å². The number of aryl methyl sites for hydroxylation is 1. The van der Waals surface area contributed by atoms with E-state index in [1.807, 2.05) is 25.3 Å². The highest BCUT2D eigenvalue weighted by Crippen LogP contribution is 2.29. The van der Waals surface area contributed by atoms with Gasteiger partial charge in [-0.2, -0.15) is 5.10 Å². The molecule has 0 fully saturated rings. The van der Waals surface area contributed by atoms with Gasteiger partial charge in [-0.25, -0.2) is 0 Å². The van der Waals surface area contributed by atoms with E-state index in [-0.39, 0.29) is 0 Å². The van der Waals surface area contributed by atoms with Crippen molar-refractivity contribution < 1.29 is 5.11 Å². The van der Waals surface area contributed by atoms with E-state index in [4.69, 9.17) is 11.6 Å². The van der Waals surface area contributed by atoms with Gasteiger partial charge in [0.25, 0.3) is 0 Å². The molecule has 0 saturated heterocycles. The second-order valence-corrected chi connectivity index (χ2v) is 4.60. The lowest BCUT2D eigenvalue weighted by Crippen LogP contribution is -2.22. The highest BCUT2D eigenvalue weighted by atomic mass is 35.5. The smallest absolute Gasteiger partial charge is 0.115 e. The van der Waals surface area contributed by atoms with Crippen LogP contribution in [0, 0.1) is 0 Å². The van der Waals surface area contributed by atoms with Crippen molar-refractivity contribution in [2.75, 3.05) is 0 Å². The molecule has 1 atom stereocenters. The summed E-state index contributed by atoms with van der Waals surface area (Å²) in [4.78, 5) is 0. The average molecular weight is 251 g/mol. The van der Waals surface area contributed by atoms with Crippen LogP contribution < -0.4 is 0 Å². The lowest BCUT2D eigenvalue weighted by molar-refractivity contribution is 0.102. The summed E-state index contributed by atoms with van der Waals surface area (Å²) in [7, 11) is 0. The van der Waals surface area contributed by atoms with E-state index >= 15 is 0 Å². The highest BCUT2D eigenvalue weighted by Gasteiger charge is 2.26. The molecule has 0 amide bonds. The molecule has 1 heterocycles. The van der Waals surface area contributed by atoms with Gasteiger partial charge < -0.3 is 5.11 Å². The van der Waals surface area contributed by atoms with Crippen molar-refractivity contribution in [1.82, 2.24) is 9.78 Å². The minimum Gasteiger partial charge on any atom is -0.381 e. The first-order chi connectivity index (χ1) is 8.04. The van der Waals surface area contributed by atoms with Crippen LogP contribution in [0.3, 0.4) is 0 Å². The Bertz CT molecular complexity index is 502. The molecule has 3 nitrogen and oxygen atoms in total. The maximum absolute atomic E-state index is 10.6. The Labute approximate surface area is 106 Å². The van der Waals surface area contributed by atoms with Crippen molar-refractivity contribution in [3.63, 3.8) is 0 Å². The maximum atomic E-state index is 10.6. The van der Waals surface area contributed by atoms with Gasteiger partial charge in [0.1, 0.15) is 5.60 Å². The number of benzene rings is 1. The number of aliphatic hydroxyl groups is 1. The third-order valence-electron chi connectivity index (χ3n) is 2.93. The standard InChI is InChI=1S/C13H15ClN2O/c1-3-16-9-11(8-15-16)13(2,17)10-4-6-12(14)7-5-10/h4-9,17H,3H2,1-2H3. The molecule has 0 saturated carbocycles. The number of hydrogen-bond donors (Lipinski definition) is 1. The lowest BCUT2D eigenvalue weighted by atomic mass is 9.90. The third kappa shape index (κ3) is 2.35. The van der Waals surface area contributed by atoms with Gasteiger partial charge in [-0.15, -0.1) is 0 Å². The quantitative estimate of drug-likeness (QED) is 0.910. The predicted octanol–water partition coefficient (Wildman–Crippen LogP) is 2.81. The molecule has 0 aliphatic heterocycles. The zero-order chi connectivity index (χ0) is 12.5. The van der Waals surface area contributed by atoms with Gasteiger partial charge in [0.15, 0.2) is 0 Å². The summed E-state index contributed by atoms with van der Waals surface area (Å²) in [5.41, 5.74) is 0.539. The van der Waals surface area contributed by atoms with Crippen molar-refractivity contribution >= 4 is 11.6 Å². The first-order valence-corrected chi connectivity index (χ1v) is 5.93. The number of aromatic nitrogens is 2. The Morgan fingerprint density at radius 2 is 1.94 bits per heavy atom. The Balaban J connectivity index is 2.37. The first kappa shape index (κ1) is 12.1. The molecule has 0 bridgehead atoms. The number of hydrogen-bond acceptors (Lipinski definition) is 2. The maximum Gasteiger partial charge on any atom is 0.115 e. The van der Waals surface area contributed by atoms with Crippen molar-refractivity contribution in [1.29, 1.82) is 0 Å². The van der Waals surface area contributed by atoms with Crippen LogP contribution in [-0.4, -0.2) is 14.9 Å². The van der Waals surface area contributed by atoms with Crippen LogP contribution in [0.5, 0.6) is 0 Å². The van der Waals surface area contributed by atoms with Crippen LogP contribution in [0.4, 0.5) is 0 Å². The summed E-state index contributed by atoms with van der Waals surface area (Å²) in [5, 5.41) is 15.4. The molecule has 4 heteroatoms. The molecule has 1 N–H and O–H groups in total. The first-order valence-electron chi connectivity index (χ1n) is 5.55.